The number of nitrogens with one attached hydrogen (secondary N) is 3. The molecular formula is C32H44N4O4. The van der Waals surface area contributed by atoms with Crippen LogP contribution in [0.4, 0.5) is 0 Å². The molecule has 0 aromatic heterocycles. The standard InChI is InChI=1S/C32H44N4O4/c1-20(2)32(21(3)4)19-26-36(31(39)25(17-18-40-26)34-29(37)22(5)33-6)28(32)30(38)35-27(23-13-9-7-10-14-23)24-15-11-8-12-16-24/h7-16,20-22,25-28,33H,17-19H2,1-6H3,(H,34,37)(H,35,38)/t22-,25-,26-,28+/m0/s1. The lowest BCUT2D eigenvalue weighted by Gasteiger charge is -2.44. The number of benzene rings is 2. The fourth-order valence-electron chi connectivity index (χ4n) is 6.54. The molecule has 8 heteroatoms. The van der Waals surface area contributed by atoms with E-state index in [1.807, 2.05) is 60.7 Å². The smallest absolute Gasteiger partial charge is 0.247 e. The summed E-state index contributed by atoms with van der Waals surface area (Å²) in [6.07, 6.45) is 0.375. The van der Waals surface area contributed by atoms with Gasteiger partial charge in [-0.2, -0.15) is 0 Å². The number of carbonyl (C=O) groups is 3. The van der Waals surface area contributed by atoms with Crippen LogP contribution in [0.5, 0.6) is 0 Å². The molecule has 2 aromatic carbocycles. The lowest BCUT2D eigenvalue weighted by atomic mass is 9.63. The molecule has 2 saturated heterocycles. The Morgan fingerprint density at radius 3 is 1.98 bits per heavy atom. The van der Waals surface area contributed by atoms with E-state index in [1.54, 1.807) is 18.9 Å². The minimum absolute atomic E-state index is 0.0934. The van der Waals surface area contributed by atoms with Crippen LogP contribution in [0, 0.1) is 17.3 Å². The summed E-state index contributed by atoms with van der Waals surface area (Å²) in [6, 6.07) is 17.4. The van der Waals surface area contributed by atoms with Crippen LogP contribution >= 0.6 is 0 Å². The van der Waals surface area contributed by atoms with Crippen molar-refractivity contribution < 1.29 is 19.1 Å². The molecule has 2 heterocycles. The highest BCUT2D eigenvalue weighted by Crippen LogP contribution is 2.52. The largest absolute Gasteiger partial charge is 0.358 e. The third kappa shape index (κ3) is 5.65. The number of ether oxygens (including phenoxy) is 1. The molecule has 2 fully saturated rings. The van der Waals surface area contributed by atoms with Gasteiger partial charge in [0.25, 0.3) is 0 Å². The molecule has 8 nitrogen and oxygen atoms in total. The van der Waals surface area contributed by atoms with Crippen molar-refractivity contribution in [3.8, 4) is 0 Å². The Labute approximate surface area is 238 Å². The fourth-order valence-corrected chi connectivity index (χ4v) is 6.54. The summed E-state index contributed by atoms with van der Waals surface area (Å²) < 4.78 is 6.26. The van der Waals surface area contributed by atoms with Gasteiger partial charge in [0.15, 0.2) is 0 Å². The van der Waals surface area contributed by atoms with Crippen LogP contribution in [0.2, 0.25) is 0 Å². The average molecular weight is 549 g/mol. The highest BCUT2D eigenvalue weighted by Gasteiger charge is 2.61. The summed E-state index contributed by atoms with van der Waals surface area (Å²) in [5.41, 5.74) is 1.40. The van der Waals surface area contributed by atoms with Crippen LogP contribution in [-0.4, -0.2) is 60.6 Å². The molecule has 0 spiro atoms. The highest BCUT2D eigenvalue weighted by atomic mass is 16.5. The first kappa shape index (κ1) is 29.7. The van der Waals surface area contributed by atoms with E-state index in [0.29, 0.717) is 19.4 Å². The van der Waals surface area contributed by atoms with E-state index in [9.17, 15) is 14.4 Å². The summed E-state index contributed by atoms with van der Waals surface area (Å²) in [7, 11) is 1.70. The Balaban J connectivity index is 1.75. The van der Waals surface area contributed by atoms with Crippen molar-refractivity contribution in [1.29, 1.82) is 0 Å². The number of fused-ring (bicyclic) bond motifs is 1. The topological polar surface area (TPSA) is 99.8 Å². The average Bonchev–Trinajstić information content (AvgIpc) is 3.24. The van der Waals surface area contributed by atoms with Gasteiger partial charge < -0.3 is 25.6 Å². The molecular weight excluding hydrogens is 504 g/mol. The van der Waals surface area contributed by atoms with E-state index in [2.05, 4.69) is 43.6 Å². The van der Waals surface area contributed by atoms with Crippen LogP contribution in [0.25, 0.3) is 0 Å². The van der Waals surface area contributed by atoms with Crippen molar-refractivity contribution >= 4 is 17.7 Å². The molecule has 3 amide bonds. The first-order valence-corrected chi connectivity index (χ1v) is 14.4. The number of amides is 3. The monoisotopic (exact) mass is 548 g/mol. The maximum atomic E-state index is 14.6. The molecule has 0 aliphatic carbocycles. The van der Waals surface area contributed by atoms with Gasteiger partial charge >= 0.3 is 0 Å². The molecule has 40 heavy (non-hydrogen) atoms. The van der Waals surface area contributed by atoms with Crippen molar-refractivity contribution in [2.45, 2.75) is 77.9 Å². The predicted molar refractivity (Wildman–Crippen MR) is 155 cm³/mol. The van der Waals surface area contributed by atoms with Gasteiger partial charge in [-0.25, -0.2) is 0 Å². The van der Waals surface area contributed by atoms with E-state index in [4.69, 9.17) is 4.74 Å². The van der Waals surface area contributed by atoms with E-state index in [-0.39, 0.29) is 35.6 Å². The zero-order chi connectivity index (χ0) is 29.0. The van der Waals surface area contributed by atoms with E-state index in [1.165, 1.54) is 0 Å². The number of hydrogen-bond donors (Lipinski definition) is 3. The Kier molecular flexibility index (Phi) is 9.31. The third-order valence-corrected chi connectivity index (χ3v) is 8.99. The van der Waals surface area contributed by atoms with Gasteiger partial charge in [-0.05, 0) is 36.9 Å². The number of likely N-dealkylation sites (N-methyl/N-ethyl adjacent to an activating group) is 1. The van der Waals surface area contributed by atoms with Crippen molar-refractivity contribution in [2.75, 3.05) is 13.7 Å². The second-order valence-electron chi connectivity index (χ2n) is 11.7. The van der Waals surface area contributed by atoms with Gasteiger partial charge in [0, 0.05) is 18.3 Å². The second kappa shape index (κ2) is 12.5. The van der Waals surface area contributed by atoms with Crippen LogP contribution < -0.4 is 16.0 Å². The third-order valence-electron chi connectivity index (χ3n) is 8.99. The van der Waals surface area contributed by atoms with Gasteiger partial charge in [-0.1, -0.05) is 88.4 Å². The molecule has 3 N–H and O–H groups in total. The van der Waals surface area contributed by atoms with Gasteiger partial charge in [0.05, 0.1) is 18.7 Å². The normalized spacial score (nSPS) is 23.2. The molecule has 0 unspecified atom stereocenters. The van der Waals surface area contributed by atoms with Gasteiger partial charge in [-0.15, -0.1) is 0 Å². The van der Waals surface area contributed by atoms with Crippen LogP contribution in [0.15, 0.2) is 60.7 Å². The molecule has 2 aliphatic rings. The van der Waals surface area contributed by atoms with Crippen molar-refractivity contribution in [1.82, 2.24) is 20.9 Å². The summed E-state index contributed by atoms with van der Waals surface area (Å²) in [6.45, 7) is 10.6. The Morgan fingerprint density at radius 1 is 0.925 bits per heavy atom. The molecule has 216 valence electrons. The second-order valence-corrected chi connectivity index (χ2v) is 11.7. The van der Waals surface area contributed by atoms with Gasteiger partial charge in [0.1, 0.15) is 18.3 Å². The molecule has 2 aromatic rings. The fraction of sp³-hybridized carbons (Fsp3) is 0.531. The number of carbonyl (C=O) groups excluding carboxylic acids is 3. The zero-order valence-corrected chi connectivity index (χ0v) is 24.5. The maximum absolute atomic E-state index is 14.6. The highest BCUT2D eigenvalue weighted by molar-refractivity contribution is 5.94. The molecule has 4 atom stereocenters. The summed E-state index contributed by atoms with van der Waals surface area (Å²) in [5, 5.41) is 9.15. The van der Waals surface area contributed by atoms with Crippen molar-refractivity contribution in [3.05, 3.63) is 71.8 Å². The van der Waals surface area contributed by atoms with Crippen LogP contribution in [0.3, 0.4) is 0 Å². The number of nitrogens with zero attached hydrogens (tertiary/aromatic N) is 1. The van der Waals surface area contributed by atoms with Gasteiger partial charge in [-0.3, -0.25) is 14.4 Å². The number of hydrogen-bond acceptors (Lipinski definition) is 5. The zero-order valence-electron chi connectivity index (χ0n) is 24.5. The molecule has 0 saturated carbocycles. The molecule has 2 aliphatic heterocycles. The molecule has 4 rings (SSSR count). The lowest BCUT2D eigenvalue weighted by molar-refractivity contribution is -0.151. The first-order chi connectivity index (χ1) is 19.1. The summed E-state index contributed by atoms with van der Waals surface area (Å²) in [4.78, 5) is 43.1. The molecule has 0 bridgehead atoms. The number of rotatable bonds is 9. The van der Waals surface area contributed by atoms with Gasteiger partial charge in [0.2, 0.25) is 17.7 Å². The minimum atomic E-state index is -0.766. The van der Waals surface area contributed by atoms with E-state index in [0.717, 1.165) is 11.1 Å². The van der Waals surface area contributed by atoms with Crippen LogP contribution in [-0.2, 0) is 19.1 Å². The van der Waals surface area contributed by atoms with E-state index < -0.39 is 29.8 Å². The van der Waals surface area contributed by atoms with E-state index >= 15 is 0 Å². The summed E-state index contributed by atoms with van der Waals surface area (Å²) >= 11 is 0. The summed E-state index contributed by atoms with van der Waals surface area (Å²) in [5.74, 6) is -0.549. The predicted octanol–water partition coefficient (Wildman–Crippen LogP) is 3.63. The Bertz CT molecular complexity index is 1120. The Morgan fingerprint density at radius 2 is 1.48 bits per heavy atom. The minimum Gasteiger partial charge on any atom is -0.358 e. The van der Waals surface area contributed by atoms with Crippen molar-refractivity contribution in [2.24, 2.45) is 17.3 Å². The lowest BCUT2D eigenvalue weighted by Crippen LogP contribution is -2.60. The SMILES string of the molecule is CN[C@@H](C)C(=O)N[C@H]1CCO[C@H]2CC(C(C)C)(C(C)C)[C@@H](C(=O)NC(c3ccccc3)c3ccccc3)N2C1=O. The van der Waals surface area contributed by atoms with Crippen molar-refractivity contribution in [3.63, 3.8) is 0 Å². The quantitative estimate of drug-likeness (QED) is 0.445. The maximum Gasteiger partial charge on any atom is 0.247 e. The Hall–Kier alpha value is -3.23. The van der Waals surface area contributed by atoms with Crippen LogP contribution in [0.1, 0.15) is 64.6 Å². The first-order valence-electron chi connectivity index (χ1n) is 14.4. The molecule has 0 radical (unpaired) electrons.